The Hall–Kier alpha value is -0.880. The van der Waals surface area contributed by atoms with Crippen molar-refractivity contribution in [3.8, 4) is 0 Å². The molecule has 1 saturated carbocycles. The van der Waals surface area contributed by atoms with Gasteiger partial charge in [-0.15, -0.1) is 11.3 Å². The van der Waals surface area contributed by atoms with Gasteiger partial charge in [-0.3, -0.25) is 9.59 Å². The summed E-state index contributed by atoms with van der Waals surface area (Å²) in [6.45, 7) is 2.54. The number of nitrogens with zero attached hydrogens (tertiary/aromatic N) is 1. The normalized spacial score (nSPS) is 27.6. The van der Waals surface area contributed by atoms with Gasteiger partial charge in [0.2, 0.25) is 11.8 Å². The lowest BCUT2D eigenvalue weighted by Crippen LogP contribution is -2.66. The Kier molecular flexibility index (Phi) is 3.17. The number of rotatable bonds is 3. The third kappa shape index (κ3) is 2.43. The number of hydrogen-bond acceptors (Lipinski definition) is 3. The predicted molar refractivity (Wildman–Crippen MR) is 76.7 cm³/mol. The number of halogens is 1. The van der Waals surface area contributed by atoms with Crippen LogP contribution in [0, 0.1) is 5.92 Å². The van der Waals surface area contributed by atoms with Crippen molar-refractivity contribution < 1.29 is 9.59 Å². The number of piperazine rings is 1. The molecule has 4 nitrogen and oxygen atoms in total. The highest BCUT2D eigenvalue weighted by atomic mass is 79.9. The molecule has 102 valence electrons. The number of carbonyl (C=O) groups excluding carboxylic acids is 2. The van der Waals surface area contributed by atoms with E-state index >= 15 is 0 Å². The molecule has 2 heterocycles. The minimum Gasteiger partial charge on any atom is -0.340 e. The van der Waals surface area contributed by atoms with Crippen LogP contribution in [0.3, 0.4) is 0 Å². The number of carbonyl (C=O) groups is 2. The van der Waals surface area contributed by atoms with Gasteiger partial charge in [0.05, 0.1) is 6.54 Å². The van der Waals surface area contributed by atoms with Crippen LogP contribution in [0.4, 0.5) is 0 Å². The van der Waals surface area contributed by atoms with Crippen LogP contribution in [-0.4, -0.2) is 28.8 Å². The number of nitrogens with one attached hydrogen (secondary N) is 1. The summed E-state index contributed by atoms with van der Waals surface area (Å²) in [4.78, 5) is 27.2. The van der Waals surface area contributed by atoms with E-state index in [0.717, 1.165) is 22.2 Å². The first-order valence-electron chi connectivity index (χ1n) is 6.32. The molecule has 0 bridgehead atoms. The number of thiophene rings is 1. The zero-order chi connectivity index (χ0) is 13.6. The van der Waals surface area contributed by atoms with Crippen molar-refractivity contribution in [3.63, 3.8) is 0 Å². The van der Waals surface area contributed by atoms with Gasteiger partial charge in [0.1, 0.15) is 12.1 Å². The molecule has 1 N–H and O–H groups in total. The first kappa shape index (κ1) is 13.1. The molecule has 1 aromatic rings. The molecular formula is C13H15BrN2O2S. The van der Waals surface area contributed by atoms with Crippen LogP contribution in [-0.2, 0) is 16.1 Å². The van der Waals surface area contributed by atoms with Crippen LogP contribution >= 0.6 is 27.3 Å². The third-order valence-corrected chi connectivity index (χ3v) is 5.51. The Balaban J connectivity index is 1.80. The van der Waals surface area contributed by atoms with E-state index in [1.165, 1.54) is 0 Å². The molecule has 6 heteroatoms. The molecule has 1 saturated heterocycles. The lowest BCUT2D eigenvalue weighted by molar-refractivity contribution is -0.150. The van der Waals surface area contributed by atoms with Gasteiger partial charge < -0.3 is 10.2 Å². The molecule has 0 spiro atoms. The van der Waals surface area contributed by atoms with Gasteiger partial charge in [0.25, 0.3) is 0 Å². The number of amides is 2. The van der Waals surface area contributed by atoms with Gasteiger partial charge in [0, 0.05) is 14.7 Å². The van der Waals surface area contributed by atoms with Gasteiger partial charge in [0.15, 0.2) is 0 Å². The van der Waals surface area contributed by atoms with E-state index in [1.807, 2.05) is 18.4 Å². The van der Waals surface area contributed by atoms with Crippen LogP contribution in [0.2, 0.25) is 0 Å². The summed E-state index contributed by atoms with van der Waals surface area (Å²) in [5.41, 5.74) is -0.691. The fourth-order valence-electron chi connectivity index (χ4n) is 2.65. The Bertz CT molecular complexity index is 541. The molecular weight excluding hydrogens is 328 g/mol. The van der Waals surface area contributed by atoms with Gasteiger partial charge in [-0.1, -0.05) is 0 Å². The maximum atomic E-state index is 12.6. The molecule has 1 aliphatic heterocycles. The summed E-state index contributed by atoms with van der Waals surface area (Å²) >= 11 is 5.01. The summed E-state index contributed by atoms with van der Waals surface area (Å²) in [5.74, 6) is 0.311. The van der Waals surface area contributed by atoms with Gasteiger partial charge in [-0.25, -0.2) is 0 Å². The monoisotopic (exact) mass is 342 g/mol. The van der Waals surface area contributed by atoms with Gasteiger partial charge in [-0.2, -0.15) is 0 Å². The van der Waals surface area contributed by atoms with Gasteiger partial charge >= 0.3 is 0 Å². The maximum absolute atomic E-state index is 12.6. The standard InChI is InChI=1S/C13H15BrN2O2S/c1-13(8-2-3-8)12(18)16(6-11(17)15-13)5-10-4-9(14)7-19-10/h4,7-8H,2-3,5-6H2,1H3,(H,15,17). The zero-order valence-corrected chi connectivity index (χ0v) is 13.0. The lowest BCUT2D eigenvalue weighted by atomic mass is 9.91. The van der Waals surface area contributed by atoms with E-state index in [0.29, 0.717) is 12.5 Å². The summed E-state index contributed by atoms with van der Waals surface area (Å²) < 4.78 is 1.02. The van der Waals surface area contributed by atoms with E-state index < -0.39 is 5.54 Å². The second-order valence-corrected chi connectivity index (χ2v) is 7.33. The van der Waals surface area contributed by atoms with Crippen LogP contribution in [0.1, 0.15) is 24.6 Å². The SMILES string of the molecule is CC1(C2CC2)NC(=O)CN(Cc2cc(Br)cs2)C1=O. The minimum atomic E-state index is -0.691. The summed E-state index contributed by atoms with van der Waals surface area (Å²) in [7, 11) is 0. The van der Waals surface area contributed by atoms with Gasteiger partial charge in [-0.05, 0) is 47.7 Å². The second kappa shape index (κ2) is 4.59. The topological polar surface area (TPSA) is 49.4 Å². The molecule has 0 radical (unpaired) electrons. The molecule has 2 aliphatic rings. The molecule has 19 heavy (non-hydrogen) atoms. The van der Waals surface area contributed by atoms with Crippen molar-refractivity contribution >= 4 is 39.1 Å². The molecule has 2 fully saturated rings. The van der Waals surface area contributed by atoms with Crippen LogP contribution < -0.4 is 5.32 Å². The summed E-state index contributed by atoms with van der Waals surface area (Å²) in [6, 6.07) is 2.00. The fourth-order valence-corrected chi connectivity index (χ4v) is 4.11. The Morgan fingerprint density at radius 1 is 1.53 bits per heavy atom. The van der Waals surface area contributed by atoms with Crippen molar-refractivity contribution in [1.82, 2.24) is 10.2 Å². The van der Waals surface area contributed by atoms with E-state index in [2.05, 4.69) is 21.2 Å². The van der Waals surface area contributed by atoms with Crippen molar-refractivity contribution in [2.75, 3.05) is 6.54 Å². The van der Waals surface area contributed by atoms with E-state index in [4.69, 9.17) is 0 Å². The minimum absolute atomic E-state index is 0.0513. The van der Waals surface area contributed by atoms with Crippen molar-refractivity contribution in [1.29, 1.82) is 0 Å². The maximum Gasteiger partial charge on any atom is 0.249 e. The zero-order valence-electron chi connectivity index (χ0n) is 10.6. The van der Waals surface area contributed by atoms with Crippen molar-refractivity contribution in [3.05, 3.63) is 20.8 Å². The molecule has 1 atom stereocenters. The van der Waals surface area contributed by atoms with Crippen LogP contribution in [0.25, 0.3) is 0 Å². The molecule has 1 aliphatic carbocycles. The first-order chi connectivity index (χ1) is 8.99. The lowest BCUT2D eigenvalue weighted by Gasteiger charge is -2.40. The Morgan fingerprint density at radius 3 is 2.84 bits per heavy atom. The first-order valence-corrected chi connectivity index (χ1v) is 7.99. The highest BCUT2D eigenvalue weighted by Gasteiger charge is 2.52. The second-order valence-electron chi connectivity index (χ2n) is 5.42. The Labute approximate surface area is 124 Å². The van der Waals surface area contributed by atoms with E-state index in [9.17, 15) is 9.59 Å². The van der Waals surface area contributed by atoms with Crippen molar-refractivity contribution in [2.24, 2.45) is 5.92 Å². The molecule has 1 unspecified atom stereocenters. The Morgan fingerprint density at radius 2 is 2.26 bits per heavy atom. The highest BCUT2D eigenvalue weighted by Crippen LogP contribution is 2.41. The number of hydrogen-bond donors (Lipinski definition) is 1. The van der Waals surface area contributed by atoms with Crippen LogP contribution in [0.5, 0.6) is 0 Å². The highest BCUT2D eigenvalue weighted by molar-refractivity contribution is 9.10. The molecule has 2 amide bonds. The molecule has 1 aromatic heterocycles. The third-order valence-electron chi connectivity index (χ3n) is 3.83. The fraction of sp³-hybridized carbons (Fsp3) is 0.538. The van der Waals surface area contributed by atoms with E-state index in [1.54, 1.807) is 16.2 Å². The van der Waals surface area contributed by atoms with Crippen molar-refractivity contribution in [2.45, 2.75) is 31.8 Å². The van der Waals surface area contributed by atoms with Crippen LogP contribution in [0.15, 0.2) is 15.9 Å². The predicted octanol–water partition coefficient (Wildman–Crippen LogP) is 2.14. The summed E-state index contributed by atoms with van der Waals surface area (Å²) in [6.07, 6.45) is 2.06. The average Bonchev–Trinajstić information content (AvgIpc) is 3.11. The molecule has 3 rings (SSSR count). The quantitative estimate of drug-likeness (QED) is 0.914. The smallest absolute Gasteiger partial charge is 0.249 e. The van der Waals surface area contributed by atoms with E-state index in [-0.39, 0.29) is 18.4 Å². The molecule has 0 aromatic carbocycles. The largest absolute Gasteiger partial charge is 0.340 e. The average molecular weight is 343 g/mol. The summed E-state index contributed by atoms with van der Waals surface area (Å²) in [5, 5.41) is 4.88.